The molecule has 0 saturated heterocycles. The maximum atomic E-state index is 4.58. The Morgan fingerprint density at radius 3 is 2.20 bits per heavy atom. The normalized spacial score (nSPS) is 9.10. The Hall–Kier alpha value is -0.570. The Balaban J connectivity index is 3.43. The number of nitrogens with zero attached hydrogens (tertiary/aromatic N) is 1. The van der Waals surface area contributed by atoms with Crippen molar-refractivity contribution in [2.75, 3.05) is 6.61 Å². The van der Waals surface area contributed by atoms with Crippen LogP contribution in [0, 0.1) is 0 Å². The molecule has 0 rings (SSSR count). The molecule has 0 aromatic heterocycles. The van der Waals surface area contributed by atoms with Crippen molar-refractivity contribution in [2.24, 2.45) is 5.16 Å². The van der Waals surface area contributed by atoms with E-state index in [0.717, 1.165) is 18.6 Å². The van der Waals surface area contributed by atoms with Crippen molar-refractivity contribution in [1.82, 2.24) is 0 Å². The van der Waals surface area contributed by atoms with Crippen LogP contribution in [-0.4, -0.2) is 12.3 Å². The van der Waals surface area contributed by atoms with Crippen molar-refractivity contribution in [3.63, 3.8) is 0 Å². The highest BCUT2D eigenvalue weighted by Gasteiger charge is 1.90. The molecule has 0 aromatic rings. The van der Waals surface area contributed by atoms with Gasteiger partial charge in [-0.1, -0.05) is 19.0 Å². The Kier molecular flexibility index (Phi) is 6.18. The molecule has 3 nitrogen and oxygen atoms in total. The van der Waals surface area contributed by atoms with Gasteiger partial charge in [-0.05, 0) is 19.8 Å². The van der Waals surface area contributed by atoms with E-state index in [0.29, 0.717) is 6.61 Å². The fraction of sp³-hybridized carbons (Fsp3) is 0.857. The fourth-order valence-corrected chi connectivity index (χ4v) is 0.511. The summed E-state index contributed by atoms with van der Waals surface area (Å²) < 4.78 is 0. The molecule has 0 amide bonds. The lowest BCUT2D eigenvalue weighted by Gasteiger charge is -1.97. The van der Waals surface area contributed by atoms with E-state index in [2.05, 4.69) is 15.0 Å². The van der Waals surface area contributed by atoms with Crippen molar-refractivity contribution in [3.05, 3.63) is 0 Å². The first-order valence-corrected chi connectivity index (χ1v) is 3.69. The van der Waals surface area contributed by atoms with Gasteiger partial charge in [-0.2, -0.15) is 4.89 Å². The van der Waals surface area contributed by atoms with Crippen LogP contribution in [0.4, 0.5) is 0 Å². The van der Waals surface area contributed by atoms with Crippen LogP contribution in [0.5, 0.6) is 0 Å². The maximum Gasteiger partial charge on any atom is 0.0937 e. The molecule has 0 spiro atoms. The molecule has 0 saturated carbocycles. The molecule has 3 heteroatoms. The summed E-state index contributed by atoms with van der Waals surface area (Å²) in [5.41, 5.74) is 1.02. The van der Waals surface area contributed by atoms with E-state index in [-0.39, 0.29) is 0 Å². The van der Waals surface area contributed by atoms with Gasteiger partial charge in [-0.15, -0.1) is 0 Å². The minimum absolute atomic E-state index is 0.532. The molecule has 0 heterocycles. The number of oxime groups is 1. The number of hydrogen-bond acceptors (Lipinski definition) is 3. The molecule has 0 N–H and O–H groups in total. The molecular formula is C7H15NO2. The highest BCUT2D eigenvalue weighted by molar-refractivity contribution is 5.83. The van der Waals surface area contributed by atoms with Crippen molar-refractivity contribution < 1.29 is 9.88 Å². The van der Waals surface area contributed by atoms with Crippen LogP contribution < -0.4 is 0 Å². The predicted molar refractivity (Wildman–Crippen MR) is 40.7 cm³/mol. The average Bonchev–Trinajstić information content (AvgIpc) is 1.99. The van der Waals surface area contributed by atoms with Crippen LogP contribution in [0.2, 0.25) is 0 Å². The zero-order valence-electron chi connectivity index (χ0n) is 6.89. The van der Waals surface area contributed by atoms with Crippen LogP contribution in [0.15, 0.2) is 5.16 Å². The zero-order chi connectivity index (χ0) is 7.82. The van der Waals surface area contributed by atoms with Crippen LogP contribution in [0.25, 0.3) is 0 Å². The Morgan fingerprint density at radius 1 is 1.20 bits per heavy atom. The molecule has 0 aliphatic rings. The van der Waals surface area contributed by atoms with E-state index in [1.54, 1.807) is 0 Å². The smallest absolute Gasteiger partial charge is 0.0937 e. The van der Waals surface area contributed by atoms with Gasteiger partial charge in [-0.25, -0.2) is 4.99 Å². The van der Waals surface area contributed by atoms with E-state index in [1.165, 1.54) is 0 Å². The van der Waals surface area contributed by atoms with E-state index in [9.17, 15) is 0 Å². The van der Waals surface area contributed by atoms with E-state index >= 15 is 0 Å². The van der Waals surface area contributed by atoms with Crippen LogP contribution in [-0.2, 0) is 9.88 Å². The van der Waals surface area contributed by atoms with Crippen molar-refractivity contribution in [2.45, 2.75) is 33.6 Å². The van der Waals surface area contributed by atoms with Gasteiger partial charge < -0.3 is 0 Å². The van der Waals surface area contributed by atoms with E-state index in [1.807, 2.05) is 20.8 Å². The van der Waals surface area contributed by atoms with Crippen molar-refractivity contribution >= 4 is 5.71 Å². The summed E-state index contributed by atoms with van der Waals surface area (Å²) in [6.07, 6.45) is 1.84. The summed E-state index contributed by atoms with van der Waals surface area (Å²) in [5, 5.41) is 3.74. The Bertz CT molecular complexity index is 95.8. The zero-order valence-corrected chi connectivity index (χ0v) is 6.89. The molecule has 60 valence electrons. The monoisotopic (exact) mass is 145 g/mol. The lowest BCUT2D eigenvalue weighted by Crippen LogP contribution is -1.95. The standard InChI is InChI=1S/C7H15NO2/c1-4-7(5-2)8-10-9-6-3/h4-6H2,1-3H3. The molecule has 0 unspecified atom stereocenters. The second-order valence-electron chi connectivity index (χ2n) is 1.85. The highest BCUT2D eigenvalue weighted by Crippen LogP contribution is 1.92. The van der Waals surface area contributed by atoms with Crippen LogP contribution in [0.3, 0.4) is 0 Å². The lowest BCUT2D eigenvalue weighted by atomic mass is 10.2. The minimum atomic E-state index is 0.532. The van der Waals surface area contributed by atoms with Gasteiger partial charge in [0, 0.05) is 0 Å². The van der Waals surface area contributed by atoms with Gasteiger partial charge in [0.25, 0.3) is 0 Å². The summed E-state index contributed by atoms with van der Waals surface area (Å²) >= 11 is 0. The fourth-order valence-electron chi connectivity index (χ4n) is 0.511. The molecule has 0 bridgehead atoms. The molecule has 0 atom stereocenters. The van der Waals surface area contributed by atoms with Crippen molar-refractivity contribution in [1.29, 1.82) is 0 Å². The summed E-state index contributed by atoms with van der Waals surface area (Å²) in [4.78, 5) is 9.09. The highest BCUT2D eigenvalue weighted by atomic mass is 17.3. The first kappa shape index (κ1) is 9.43. The largest absolute Gasteiger partial charge is 0.221 e. The molecule has 0 fully saturated rings. The molecular weight excluding hydrogens is 130 g/mol. The van der Waals surface area contributed by atoms with E-state index < -0.39 is 0 Å². The van der Waals surface area contributed by atoms with E-state index in [4.69, 9.17) is 0 Å². The number of hydrogen-bond donors (Lipinski definition) is 0. The summed E-state index contributed by atoms with van der Waals surface area (Å²) in [6, 6.07) is 0. The Labute approximate surface area is 61.9 Å². The summed E-state index contributed by atoms with van der Waals surface area (Å²) in [5.74, 6) is 0. The Morgan fingerprint density at radius 2 is 1.80 bits per heavy atom. The molecule has 10 heavy (non-hydrogen) atoms. The quantitative estimate of drug-likeness (QED) is 0.257. The molecule has 0 aromatic carbocycles. The summed E-state index contributed by atoms with van der Waals surface area (Å²) in [7, 11) is 0. The van der Waals surface area contributed by atoms with Gasteiger partial charge >= 0.3 is 0 Å². The van der Waals surface area contributed by atoms with Crippen LogP contribution >= 0.6 is 0 Å². The predicted octanol–water partition coefficient (Wildman–Crippen LogP) is 2.13. The van der Waals surface area contributed by atoms with Gasteiger partial charge in [0.15, 0.2) is 0 Å². The number of rotatable bonds is 5. The van der Waals surface area contributed by atoms with Gasteiger partial charge in [-0.3, -0.25) is 0 Å². The van der Waals surface area contributed by atoms with Gasteiger partial charge in [0.1, 0.15) is 0 Å². The van der Waals surface area contributed by atoms with Gasteiger partial charge in [0.2, 0.25) is 0 Å². The third-order valence-electron chi connectivity index (χ3n) is 1.15. The second-order valence-corrected chi connectivity index (χ2v) is 1.85. The lowest BCUT2D eigenvalue weighted by molar-refractivity contribution is -0.292. The first-order chi connectivity index (χ1) is 4.85. The second kappa shape index (κ2) is 6.55. The molecule has 0 aliphatic carbocycles. The SMILES string of the molecule is CCOON=C(CC)CC. The van der Waals surface area contributed by atoms with Gasteiger partial charge in [0.05, 0.1) is 12.3 Å². The van der Waals surface area contributed by atoms with Crippen molar-refractivity contribution in [3.8, 4) is 0 Å². The van der Waals surface area contributed by atoms with Crippen LogP contribution in [0.1, 0.15) is 33.6 Å². The third kappa shape index (κ3) is 4.32. The molecule has 0 aliphatic heterocycles. The third-order valence-corrected chi connectivity index (χ3v) is 1.15. The molecule has 0 radical (unpaired) electrons. The summed E-state index contributed by atoms with van der Waals surface area (Å²) in [6.45, 7) is 6.46. The average molecular weight is 145 g/mol. The topological polar surface area (TPSA) is 30.8 Å². The first-order valence-electron chi connectivity index (χ1n) is 3.69. The minimum Gasteiger partial charge on any atom is -0.221 e. The maximum absolute atomic E-state index is 4.58.